The fourth-order valence-corrected chi connectivity index (χ4v) is 3.63. The van der Waals surface area contributed by atoms with Crippen LogP contribution in [0.2, 0.25) is 0 Å². The molecule has 0 saturated carbocycles. The highest BCUT2D eigenvalue weighted by Crippen LogP contribution is 2.28. The molecule has 0 saturated heterocycles. The van der Waals surface area contributed by atoms with Gasteiger partial charge in [0.2, 0.25) is 0 Å². The third kappa shape index (κ3) is 3.08. The van der Waals surface area contributed by atoms with Crippen LogP contribution in [0.15, 0.2) is 60.7 Å². The Morgan fingerprint density at radius 3 is 1.72 bits per heavy atom. The summed E-state index contributed by atoms with van der Waals surface area (Å²) in [5, 5.41) is -0.00708. The number of benzene rings is 2. The van der Waals surface area contributed by atoms with Crippen molar-refractivity contribution in [1.29, 1.82) is 0 Å². The quantitative estimate of drug-likeness (QED) is 0.794. The molecule has 0 radical (unpaired) electrons. The van der Waals surface area contributed by atoms with Crippen molar-refractivity contribution in [3.8, 4) is 0 Å². The van der Waals surface area contributed by atoms with Crippen LogP contribution in [0.4, 0.5) is 0 Å². The van der Waals surface area contributed by atoms with Gasteiger partial charge >= 0.3 is 0 Å². The molecule has 0 amide bonds. The topological polar surface area (TPSA) is 17.1 Å². The van der Waals surface area contributed by atoms with Gasteiger partial charge in [-0.3, -0.25) is 4.21 Å². The van der Waals surface area contributed by atoms with Crippen molar-refractivity contribution < 1.29 is 4.21 Å². The maximum absolute atomic E-state index is 12.5. The van der Waals surface area contributed by atoms with E-state index in [4.69, 9.17) is 0 Å². The van der Waals surface area contributed by atoms with E-state index >= 15 is 0 Å². The average Bonchev–Trinajstić information content (AvgIpc) is 2.42. The van der Waals surface area contributed by atoms with E-state index in [1.54, 1.807) is 0 Å². The molecule has 2 aromatic carbocycles. The lowest BCUT2D eigenvalue weighted by molar-refractivity contribution is 0.677. The molecular formula is C16H18OS. The summed E-state index contributed by atoms with van der Waals surface area (Å²) in [4.78, 5) is 0. The lowest BCUT2D eigenvalue weighted by atomic mass is 10.0. The molecule has 0 aliphatic heterocycles. The molecule has 2 heteroatoms. The predicted molar refractivity (Wildman–Crippen MR) is 78.0 cm³/mol. The SMILES string of the molecule is CCCS(=O)C(c1ccccc1)c1ccccc1. The molecule has 1 atom stereocenters. The van der Waals surface area contributed by atoms with Crippen LogP contribution >= 0.6 is 0 Å². The number of hydrogen-bond acceptors (Lipinski definition) is 1. The Hall–Kier alpha value is -1.41. The van der Waals surface area contributed by atoms with E-state index in [1.807, 2.05) is 36.4 Å². The number of rotatable bonds is 5. The smallest absolute Gasteiger partial charge is 0.0846 e. The summed E-state index contributed by atoms with van der Waals surface area (Å²) in [6.07, 6.45) is 0.947. The van der Waals surface area contributed by atoms with Crippen molar-refractivity contribution in [2.24, 2.45) is 0 Å². The minimum Gasteiger partial charge on any atom is -0.259 e. The first-order chi connectivity index (χ1) is 8.83. The zero-order valence-electron chi connectivity index (χ0n) is 10.6. The van der Waals surface area contributed by atoms with Gasteiger partial charge in [0.15, 0.2) is 0 Å². The summed E-state index contributed by atoms with van der Waals surface area (Å²) >= 11 is 0. The van der Waals surface area contributed by atoms with E-state index in [0.29, 0.717) is 0 Å². The van der Waals surface area contributed by atoms with Crippen molar-refractivity contribution in [1.82, 2.24) is 0 Å². The molecule has 18 heavy (non-hydrogen) atoms. The molecular weight excluding hydrogens is 240 g/mol. The molecule has 0 N–H and O–H groups in total. The highest BCUT2D eigenvalue weighted by Gasteiger charge is 2.19. The predicted octanol–water partition coefficient (Wildman–Crippen LogP) is 3.93. The Labute approximate surface area is 111 Å². The van der Waals surface area contributed by atoms with Crippen LogP contribution in [-0.4, -0.2) is 9.96 Å². The van der Waals surface area contributed by atoms with E-state index in [-0.39, 0.29) is 5.25 Å². The highest BCUT2D eigenvalue weighted by molar-refractivity contribution is 7.85. The average molecular weight is 258 g/mol. The molecule has 0 bridgehead atoms. The maximum atomic E-state index is 12.5. The summed E-state index contributed by atoms with van der Waals surface area (Å²) in [6, 6.07) is 20.3. The Morgan fingerprint density at radius 1 is 0.889 bits per heavy atom. The van der Waals surface area contributed by atoms with Crippen molar-refractivity contribution in [2.45, 2.75) is 18.6 Å². The fourth-order valence-electron chi connectivity index (χ4n) is 2.07. The Morgan fingerprint density at radius 2 is 1.33 bits per heavy atom. The third-order valence-corrected chi connectivity index (χ3v) is 4.75. The molecule has 2 rings (SSSR count). The van der Waals surface area contributed by atoms with Crippen LogP contribution in [0.25, 0.3) is 0 Å². The summed E-state index contributed by atoms with van der Waals surface area (Å²) in [7, 11) is -0.860. The van der Waals surface area contributed by atoms with E-state index in [0.717, 1.165) is 23.3 Å². The zero-order chi connectivity index (χ0) is 12.8. The lowest BCUT2D eigenvalue weighted by Gasteiger charge is -2.17. The number of hydrogen-bond donors (Lipinski definition) is 0. The first-order valence-electron chi connectivity index (χ1n) is 6.30. The monoisotopic (exact) mass is 258 g/mol. The van der Waals surface area contributed by atoms with Crippen molar-refractivity contribution in [3.63, 3.8) is 0 Å². The summed E-state index contributed by atoms with van der Waals surface area (Å²) < 4.78 is 12.5. The van der Waals surface area contributed by atoms with Gasteiger partial charge in [0.1, 0.15) is 0 Å². The standard InChI is InChI=1S/C16H18OS/c1-2-13-18(17)16(14-9-5-3-6-10-14)15-11-7-4-8-12-15/h3-12,16H,2,13H2,1H3. The largest absolute Gasteiger partial charge is 0.259 e. The first-order valence-corrected chi connectivity index (χ1v) is 7.68. The lowest BCUT2D eigenvalue weighted by Crippen LogP contribution is -2.11. The Bertz CT molecular complexity index is 454. The van der Waals surface area contributed by atoms with Crippen LogP contribution in [0.5, 0.6) is 0 Å². The van der Waals surface area contributed by atoms with E-state index < -0.39 is 10.8 Å². The summed E-state index contributed by atoms with van der Waals surface area (Å²) in [5.74, 6) is 0.744. The van der Waals surface area contributed by atoms with E-state index in [2.05, 4.69) is 31.2 Å². The molecule has 0 spiro atoms. The highest BCUT2D eigenvalue weighted by atomic mass is 32.2. The second-order valence-corrected chi connectivity index (χ2v) is 5.93. The zero-order valence-corrected chi connectivity index (χ0v) is 11.4. The minimum atomic E-state index is -0.860. The molecule has 0 aromatic heterocycles. The van der Waals surface area contributed by atoms with Crippen LogP contribution in [0.1, 0.15) is 29.7 Å². The molecule has 0 aliphatic carbocycles. The summed E-state index contributed by atoms with van der Waals surface area (Å²) in [6.45, 7) is 2.07. The van der Waals surface area contributed by atoms with Crippen LogP contribution in [0.3, 0.4) is 0 Å². The van der Waals surface area contributed by atoms with Crippen LogP contribution in [-0.2, 0) is 10.8 Å². The van der Waals surface area contributed by atoms with Gasteiger partial charge in [-0.05, 0) is 17.5 Å². The molecule has 2 aromatic rings. The molecule has 0 fully saturated rings. The van der Waals surface area contributed by atoms with Crippen LogP contribution < -0.4 is 0 Å². The van der Waals surface area contributed by atoms with E-state index in [9.17, 15) is 4.21 Å². The van der Waals surface area contributed by atoms with Gasteiger partial charge in [-0.25, -0.2) is 0 Å². The fraction of sp³-hybridized carbons (Fsp3) is 0.250. The van der Waals surface area contributed by atoms with Crippen LogP contribution in [0, 0.1) is 0 Å². The van der Waals surface area contributed by atoms with Gasteiger partial charge < -0.3 is 0 Å². The molecule has 1 unspecified atom stereocenters. The molecule has 0 heterocycles. The molecule has 0 aliphatic rings. The molecule has 94 valence electrons. The Kier molecular flexibility index (Phi) is 4.71. The Balaban J connectivity index is 2.38. The van der Waals surface area contributed by atoms with Crippen molar-refractivity contribution >= 4 is 10.8 Å². The van der Waals surface area contributed by atoms with Gasteiger partial charge in [-0.15, -0.1) is 0 Å². The minimum absolute atomic E-state index is 0.00708. The normalized spacial score (nSPS) is 12.6. The van der Waals surface area contributed by atoms with Crippen molar-refractivity contribution in [3.05, 3.63) is 71.8 Å². The third-order valence-electron chi connectivity index (χ3n) is 2.87. The van der Waals surface area contributed by atoms with Crippen molar-refractivity contribution in [2.75, 3.05) is 5.75 Å². The van der Waals surface area contributed by atoms with Gasteiger partial charge in [0, 0.05) is 16.6 Å². The van der Waals surface area contributed by atoms with Gasteiger partial charge in [-0.2, -0.15) is 0 Å². The van der Waals surface area contributed by atoms with Gasteiger partial charge in [0.25, 0.3) is 0 Å². The first kappa shape index (κ1) is 13.0. The van der Waals surface area contributed by atoms with Gasteiger partial charge in [0.05, 0.1) is 5.25 Å². The van der Waals surface area contributed by atoms with E-state index in [1.165, 1.54) is 0 Å². The second kappa shape index (κ2) is 6.50. The second-order valence-electron chi connectivity index (χ2n) is 4.29. The molecule has 1 nitrogen and oxygen atoms in total. The maximum Gasteiger partial charge on any atom is 0.0846 e. The summed E-state index contributed by atoms with van der Waals surface area (Å²) in [5.41, 5.74) is 2.27. The van der Waals surface area contributed by atoms with Gasteiger partial charge in [-0.1, -0.05) is 67.6 Å².